The Morgan fingerprint density at radius 1 is 0.303 bits per heavy atom. The summed E-state index contributed by atoms with van der Waals surface area (Å²) >= 11 is 0. The number of aryl methyl sites for hydroxylation is 9. The first-order valence-corrected chi connectivity index (χ1v) is 32.5. The molecule has 6 aromatic carbocycles. The summed E-state index contributed by atoms with van der Waals surface area (Å²) in [7, 11) is 0. The van der Waals surface area contributed by atoms with Crippen LogP contribution in [0.2, 0.25) is 2.82 Å². The molecule has 5 N–H and O–H groups in total. The zero-order valence-corrected chi connectivity index (χ0v) is 56.6. The van der Waals surface area contributed by atoms with E-state index in [0.29, 0.717) is 5.92 Å². The highest BCUT2D eigenvalue weighted by molar-refractivity contribution is 5.61. The summed E-state index contributed by atoms with van der Waals surface area (Å²) in [5.74, 6) is 6.81. The molecule has 0 unspecified atom stereocenters. The molecule has 0 spiro atoms. The van der Waals surface area contributed by atoms with Gasteiger partial charge in [-0.1, -0.05) is 153 Å². The molecule has 0 atom stereocenters. The first-order chi connectivity index (χ1) is 43.6. The Hall–Kier alpha value is -8.63. The lowest BCUT2D eigenvalue weighted by Crippen LogP contribution is -2.36. The first kappa shape index (κ1) is 62.0. The monoisotopic (exact) mass is 1200 g/mol. The predicted octanol–water partition coefficient (Wildman–Crippen LogP) is 17.8. The summed E-state index contributed by atoms with van der Waals surface area (Å²) in [6.45, 7) is 36.0. The third-order valence-electron chi connectivity index (χ3n) is 18.7. The van der Waals surface area contributed by atoms with Crippen LogP contribution in [-0.4, -0.2) is 24.9 Å². The van der Waals surface area contributed by atoms with Gasteiger partial charge < -0.3 is 0 Å². The lowest BCUT2D eigenvalue weighted by atomic mass is 9.86. The number of imidazole rings is 5. The fraction of sp³-hybridized carbons (Fsp3) is 0.354. The van der Waals surface area contributed by atoms with Gasteiger partial charge in [-0.05, 0) is 118 Å². The number of hydrogen-bond donors (Lipinski definition) is 5. The van der Waals surface area contributed by atoms with E-state index in [1.165, 1.54) is 176 Å². The minimum atomic E-state index is 0. The maximum Gasteiger partial charge on any atom is 0.312 e. The van der Waals surface area contributed by atoms with Crippen LogP contribution in [0.3, 0.4) is 0 Å². The van der Waals surface area contributed by atoms with Crippen LogP contribution in [0, 0.1) is 118 Å². The molecule has 11 aromatic rings. The zero-order chi connectivity index (χ0) is 65.4. The molecule has 2 aliphatic rings. The minimum absolute atomic E-state index is 0. The zero-order valence-electron chi connectivity index (χ0n) is 58.6. The lowest BCUT2D eigenvalue weighted by molar-refractivity contribution is -0.608. The Bertz CT molecular complexity index is 4280. The van der Waals surface area contributed by atoms with Crippen molar-refractivity contribution >= 4 is 0 Å². The maximum atomic E-state index is 8.51. The van der Waals surface area contributed by atoms with E-state index in [4.69, 9.17) is 2.82 Å². The highest BCUT2D eigenvalue weighted by Crippen LogP contribution is 2.35. The molecule has 0 amide bonds. The second-order valence-electron chi connectivity index (χ2n) is 25.1. The van der Waals surface area contributed by atoms with Crippen molar-refractivity contribution < 1.29 is 29.9 Å². The molecule has 13 rings (SSSR count). The summed E-state index contributed by atoms with van der Waals surface area (Å²) in [6, 6.07) is 52.7. The van der Waals surface area contributed by atoms with Gasteiger partial charge >= 0.3 is 2.82 Å². The predicted molar refractivity (Wildman–Crippen MR) is 371 cm³/mol. The van der Waals surface area contributed by atoms with E-state index in [2.05, 4.69) is 275 Å². The Morgan fingerprint density at radius 3 is 1.02 bits per heavy atom. The van der Waals surface area contributed by atoms with Gasteiger partial charge in [0.25, 0.3) is 29.1 Å². The second-order valence-corrected chi connectivity index (χ2v) is 25.1. The summed E-state index contributed by atoms with van der Waals surface area (Å²) in [5.41, 5.74) is 26.1. The molecular weight excluding hydrogens is 1090 g/mol. The molecule has 0 saturated heterocycles. The first-order valence-electron chi connectivity index (χ1n) is 33.4. The fourth-order valence-electron chi connectivity index (χ4n) is 13.8. The van der Waals surface area contributed by atoms with E-state index in [1.807, 2.05) is 32.0 Å². The minimum Gasteiger partial charge on any atom is -0.245 e. The molecule has 2 saturated carbocycles. The number of nitrogens with zero attached hydrogens (tertiary/aromatic N) is 5. The lowest BCUT2D eigenvalue weighted by Gasteiger charge is -2.18. The average molecular weight is 1200 g/mol. The largest absolute Gasteiger partial charge is 0.312 e. The van der Waals surface area contributed by atoms with E-state index in [0.717, 1.165) is 40.5 Å². The van der Waals surface area contributed by atoms with E-state index >= 15 is 0 Å². The number of aromatic amines is 5. The molecule has 2 aliphatic carbocycles. The maximum absolute atomic E-state index is 8.51. The van der Waals surface area contributed by atoms with Gasteiger partial charge in [-0.3, -0.25) is 0 Å². The highest BCUT2D eigenvalue weighted by Gasteiger charge is 2.31. The van der Waals surface area contributed by atoms with E-state index in [9.17, 15) is 0 Å². The van der Waals surface area contributed by atoms with Crippen LogP contribution in [0.25, 0.3) is 39.7 Å². The summed E-state index contributed by atoms with van der Waals surface area (Å²) in [5, 5.41) is 0. The van der Waals surface area contributed by atoms with Gasteiger partial charge in [-0.25, -0.2) is 24.9 Å². The number of para-hydroxylation sites is 5. The Kier molecular flexibility index (Phi) is 20.3. The van der Waals surface area contributed by atoms with Crippen LogP contribution in [-0.2, 0) is 0 Å². The van der Waals surface area contributed by atoms with E-state index < -0.39 is 0 Å². The van der Waals surface area contributed by atoms with Gasteiger partial charge in [-0.15, -0.1) is 0 Å². The normalized spacial score (nSPS) is 13.5. The van der Waals surface area contributed by atoms with Crippen LogP contribution >= 0.6 is 0 Å². The summed E-state index contributed by atoms with van der Waals surface area (Å²) < 4.78 is 27.8. The number of hydrogen-bond acceptors (Lipinski definition) is 0. The van der Waals surface area contributed by atoms with Crippen LogP contribution in [0.4, 0.5) is 0 Å². The molecule has 89 heavy (non-hydrogen) atoms. The molecule has 2 fully saturated rings. The van der Waals surface area contributed by atoms with Crippen molar-refractivity contribution in [1.82, 2.24) is 24.9 Å². The third kappa shape index (κ3) is 14.4. The smallest absolute Gasteiger partial charge is 0.245 e. The van der Waals surface area contributed by atoms with Gasteiger partial charge in [0, 0.05) is 105 Å². The number of nitrogens with one attached hydrogen (secondary N) is 5. The Morgan fingerprint density at radius 2 is 0.618 bits per heavy atom. The van der Waals surface area contributed by atoms with Crippen molar-refractivity contribution in [2.75, 3.05) is 0 Å². The molecule has 468 valence electrons. The number of H-pyrrole nitrogens is 5. The second kappa shape index (κ2) is 29.1. The van der Waals surface area contributed by atoms with E-state index in [1.54, 1.807) is 4.98 Å². The topological polar surface area (TPSA) is 98.3 Å². The summed E-state index contributed by atoms with van der Waals surface area (Å²) in [4.78, 5) is 13.7. The summed E-state index contributed by atoms with van der Waals surface area (Å²) in [6.07, 6.45) is 11.9. The van der Waals surface area contributed by atoms with Gasteiger partial charge in [0.2, 0.25) is 0 Å². The van der Waals surface area contributed by atoms with Crippen LogP contribution in [0.5, 0.6) is 0 Å². The van der Waals surface area contributed by atoms with Crippen LogP contribution < -0.4 is 22.8 Å². The number of rotatable bonds is 8. The van der Waals surface area contributed by atoms with Gasteiger partial charge in [0.15, 0.2) is 11.4 Å². The molecule has 10 heteroatoms. The molecule has 0 radical (unpaired) electrons. The average Bonchev–Trinajstić information content (AvgIpc) is 1.65. The van der Waals surface area contributed by atoms with Crippen molar-refractivity contribution in [2.24, 2.45) is 0 Å². The van der Waals surface area contributed by atoms with Crippen LogP contribution in [0.15, 0.2) is 152 Å². The van der Waals surface area contributed by atoms with Crippen molar-refractivity contribution in [2.45, 2.75) is 187 Å². The van der Waals surface area contributed by atoms with Crippen molar-refractivity contribution in [3.05, 3.63) is 260 Å². The van der Waals surface area contributed by atoms with Gasteiger partial charge in [0.05, 0.1) is 0 Å². The van der Waals surface area contributed by atoms with E-state index in [-0.39, 0.29) is 4.28 Å². The Balaban J connectivity index is 0.000000186. The molecule has 5 heterocycles. The fourth-order valence-corrected chi connectivity index (χ4v) is 13.8. The molecular formula is C79H107N10+5. The molecule has 10 nitrogen and oxygen atoms in total. The van der Waals surface area contributed by atoms with Gasteiger partial charge in [-0.2, -0.15) is 22.8 Å². The molecule has 0 aliphatic heterocycles. The SMILES string of the molecule is Cc1ccccc1-[n+]1c(C)[nH]c(-c2ccccc2)c1C.Cc1ccccc1-[n+]1c(C)[nH]c(C)c1C.Cc1ccccc1-[n+]1c(C)[nH]c(C2CCCC2)c1C.[2HH].[2HH].[2HH].[2H]n1c(C)c(C)[n+](-c2ccccc2C)c1C.[2H]n1c(C2CCCCC2)c(C)[n+](-c2ccccc2C)c1C. The van der Waals surface area contributed by atoms with Crippen molar-refractivity contribution in [3.63, 3.8) is 0 Å². The highest BCUT2D eigenvalue weighted by atomic mass is 15.1. The Labute approximate surface area is 539 Å². The van der Waals surface area contributed by atoms with Crippen LogP contribution in [0.1, 0.15) is 182 Å². The standard InChI is InChI=1S/C18H24N2.C18H18N2.C17H22N2.2C13H16N2.3H2/c2*1-13-9-7-8-12-17(13)20-14(2)18(19-15(20)3)16-10-5-4-6-11-16;1-12-8-4-7-11-16(12)19-13(2)17(18-14(19)3)15-9-5-6-10-15;2*1-9-7-5-6-8-13(9)15-11(3)10(2)14-12(15)4;;;/h7-9,12,16H,4-6,10-11H2,1-3H3;4-12H,1-3H3;4,7-8,11,15H,5-6,9-10H2,1-3H3;2*5-8H,1-4H3;3*1H/p+5/i;;;;;3*1+1/hD2. The molecule has 0 bridgehead atoms. The van der Waals surface area contributed by atoms with Crippen molar-refractivity contribution in [1.29, 1.82) is 0 Å². The number of benzene rings is 6. The third-order valence-corrected chi connectivity index (χ3v) is 18.7. The van der Waals surface area contributed by atoms with Crippen molar-refractivity contribution in [3.8, 4) is 39.7 Å². The number of aromatic nitrogens is 10. The van der Waals surface area contributed by atoms with Gasteiger partial charge in [0.1, 0.15) is 74.0 Å². The quantitative estimate of drug-likeness (QED) is 0.0937. The molecule has 5 aromatic heterocycles.